The summed E-state index contributed by atoms with van der Waals surface area (Å²) >= 11 is 1.43. The predicted molar refractivity (Wildman–Crippen MR) is 139 cm³/mol. The van der Waals surface area contributed by atoms with E-state index in [4.69, 9.17) is 10.5 Å². The van der Waals surface area contributed by atoms with Crippen molar-refractivity contribution >= 4 is 23.5 Å². The molecule has 4 rings (SSSR count). The molecule has 196 valence electrons. The van der Waals surface area contributed by atoms with Gasteiger partial charge in [-0.25, -0.2) is 0 Å². The SMILES string of the molecule is C=C[C@]1(C)C[C@@H](OC(=O)CS[C@@H]2CC[C@@H](N)C[C@H]2O)[C@]2(C)C(C)CC[C@]3(C=CC(=O)[C@H]32)[C@@H](C)[C@@H]1O. The van der Waals surface area contributed by atoms with Gasteiger partial charge < -0.3 is 20.7 Å². The first kappa shape index (κ1) is 26.9. The molecule has 3 fully saturated rings. The number of carbonyl (C=O) groups excluding carboxylic acids is 2. The summed E-state index contributed by atoms with van der Waals surface area (Å²) in [5.41, 5.74) is 4.28. The van der Waals surface area contributed by atoms with Gasteiger partial charge in [-0.05, 0) is 56.4 Å². The van der Waals surface area contributed by atoms with Crippen molar-refractivity contribution in [3.8, 4) is 0 Å². The fourth-order valence-corrected chi connectivity index (χ4v) is 8.76. The Morgan fingerprint density at radius 3 is 2.66 bits per heavy atom. The Morgan fingerprint density at radius 2 is 2.00 bits per heavy atom. The molecule has 4 aliphatic rings. The summed E-state index contributed by atoms with van der Waals surface area (Å²) in [7, 11) is 0. The Hall–Kier alpha value is -1.15. The van der Waals surface area contributed by atoms with Gasteiger partial charge in [-0.3, -0.25) is 9.59 Å². The molecular formula is C28H43NO5S. The molecule has 0 aromatic heterocycles. The van der Waals surface area contributed by atoms with Crippen LogP contribution >= 0.6 is 11.8 Å². The van der Waals surface area contributed by atoms with E-state index in [0.29, 0.717) is 12.8 Å². The van der Waals surface area contributed by atoms with Gasteiger partial charge in [0.25, 0.3) is 0 Å². The minimum atomic E-state index is -0.715. The Bertz CT molecular complexity index is 893. The summed E-state index contributed by atoms with van der Waals surface area (Å²) in [5, 5.41) is 21.9. The maximum Gasteiger partial charge on any atom is 0.316 e. The zero-order valence-corrected chi connectivity index (χ0v) is 22.4. The van der Waals surface area contributed by atoms with Gasteiger partial charge in [-0.1, -0.05) is 39.8 Å². The molecule has 4 N–H and O–H groups in total. The van der Waals surface area contributed by atoms with Crippen molar-refractivity contribution in [2.75, 3.05) is 5.75 Å². The van der Waals surface area contributed by atoms with E-state index < -0.39 is 34.6 Å². The van der Waals surface area contributed by atoms with Crippen molar-refractivity contribution in [2.45, 2.75) is 95.8 Å². The first-order valence-corrected chi connectivity index (χ1v) is 14.2. The van der Waals surface area contributed by atoms with E-state index in [9.17, 15) is 19.8 Å². The number of carbonyl (C=O) groups is 2. The Kier molecular flexibility index (Phi) is 7.40. The second kappa shape index (κ2) is 9.62. The third-order valence-corrected chi connectivity index (χ3v) is 11.7. The summed E-state index contributed by atoms with van der Waals surface area (Å²) < 4.78 is 6.26. The second-order valence-electron chi connectivity index (χ2n) is 12.2. The molecule has 0 saturated heterocycles. The Morgan fingerprint density at radius 1 is 1.29 bits per heavy atom. The van der Waals surface area contributed by atoms with Crippen LogP contribution in [-0.4, -0.2) is 57.3 Å². The van der Waals surface area contributed by atoms with Crippen molar-refractivity contribution in [2.24, 2.45) is 39.7 Å². The first-order chi connectivity index (χ1) is 16.4. The predicted octanol–water partition coefficient (Wildman–Crippen LogP) is 3.64. The van der Waals surface area contributed by atoms with Crippen molar-refractivity contribution < 1.29 is 24.5 Å². The van der Waals surface area contributed by atoms with Gasteiger partial charge >= 0.3 is 5.97 Å². The molecule has 2 bridgehead atoms. The van der Waals surface area contributed by atoms with Gasteiger partial charge in [-0.2, -0.15) is 0 Å². The molecular weight excluding hydrogens is 462 g/mol. The summed E-state index contributed by atoms with van der Waals surface area (Å²) in [5.74, 6) is -0.393. The molecule has 11 atom stereocenters. The fraction of sp³-hybridized carbons (Fsp3) is 0.786. The number of rotatable bonds is 5. The zero-order chi connectivity index (χ0) is 25.8. The van der Waals surface area contributed by atoms with E-state index in [0.717, 1.165) is 25.7 Å². The lowest BCUT2D eigenvalue weighted by molar-refractivity contribution is -0.199. The normalized spacial score (nSPS) is 49.6. The van der Waals surface area contributed by atoms with Crippen LogP contribution in [0.3, 0.4) is 0 Å². The number of hydrogen-bond donors (Lipinski definition) is 3. The van der Waals surface area contributed by atoms with Crippen LogP contribution in [0.2, 0.25) is 0 Å². The largest absolute Gasteiger partial charge is 0.461 e. The van der Waals surface area contributed by atoms with E-state index in [2.05, 4.69) is 27.4 Å². The quantitative estimate of drug-likeness (QED) is 0.386. The lowest BCUT2D eigenvalue weighted by Gasteiger charge is -2.61. The smallest absolute Gasteiger partial charge is 0.316 e. The number of ether oxygens (including phenoxy) is 1. The van der Waals surface area contributed by atoms with E-state index in [1.54, 1.807) is 12.2 Å². The van der Waals surface area contributed by atoms with Crippen LogP contribution in [0.15, 0.2) is 24.8 Å². The number of aliphatic hydroxyl groups excluding tert-OH is 2. The van der Waals surface area contributed by atoms with Crippen molar-refractivity contribution in [3.05, 3.63) is 24.8 Å². The maximum absolute atomic E-state index is 13.4. The number of thioether (sulfide) groups is 1. The van der Waals surface area contributed by atoms with E-state index in [1.807, 2.05) is 13.0 Å². The number of nitrogens with two attached hydrogens (primary N) is 1. The highest BCUT2D eigenvalue weighted by molar-refractivity contribution is 8.00. The van der Waals surface area contributed by atoms with Gasteiger partial charge in [0.15, 0.2) is 5.78 Å². The molecule has 0 amide bonds. The third kappa shape index (κ3) is 4.34. The van der Waals surface area contributed by atoms with Crippen molar-refractivity contribution in [1.29, 1.82) is 0 Å². The number of aliphatic hydroxyl groups is 2. The summed E-state index contributed by atoms with van der Waals surface area (Å²) in [4.78, 5) is 26.6. The average molecular weight is 506 g/mol. The van der Waals surface area contributed by atoms with Gasteiger partial charge in [0.05, 0.1) is 18.0 Å². The Balaban J connectivity index is 1.62. The maximum atomic E-state index is 13.4. The van der Waals surface area contributed by atoms with Crippen LogP contribution in [0.5, 0.6) is 0 Å². The first-order valence-electron chi connectivity index (χ1n) is 13.2. The third-order valence-electron chi connectivity index (χ3n) is 10.3. The molecule has 0 aromatic carbocycles. The standard InChI is InChI=1S/C28H43NO5S/c1-6-26(4)14-22(34-23(32)15-35-21-8-7-18(29)13-20(21)31)27(5)16(2)9-11-28(17(3)25(26)33)12-10-19(30)24(27)28/h6,10,12,16-18,20-22,24-25,31,33H,1,7-9,11,13-15,29H2,2-5H3/t16?,17-,18+,20+,21+,22+,24-,25-,26+,27-,28-/m0/s1. The molecule has 3 saturated carbocycles. The number of hydrogen-bond acceptors (Lipinski definition) is 7. The van der Waals surface area contributed by atoms with Gasteiger partial charge in [0, 0.05) is 33.5 Å². The second-order valence-corrected chi connectivity index (χ2v) is 13.4. The Labute approximate surface area is 214 Å². The van der Waals surface area contributed by atoms with Crippen LogP contribution in [0.25, 0.3) is 0 Å². The van der Waals surface area contributed by atoms with E-state index in [-0.39, 0.29) is 46.6 Å². The molecule has 0 spiro atoms. The molecule has 0 heterocycles. The summed E-state index contributed by atoms with van der Waals surface area (Å²) in [6, 6.07) is 0.0136. The minimum Gasteiger partial charge on any atom is -0.461 e. The number of allylic oxidation sites excluding steroid dienone is 2. The molecule has 0 aromatic rings. The van der Waals surface area contributed by atoms with Gasteiger partial charge in [-0.15, -0.1) is 18.3 Å². The average Bonchev–Trinajstić information content (AvgIpc) is 3.17. The molecule has 4 aliphatic carbocycles. The van der Waals surface area contributed by atoms with Crippen LogP contribution < -0.4 is 5.73 Å². The van der Waals surface area contributed by atoms with Crippen molar-refractivity contribution in [3.63, 3.8) is 0 Å². The fourth-order valence-electron chi connectivity index (χ4n) is 7.71. The summed E-state index contributed by atoms with van der Waals surface area (Å²) in [6.07, 6.45) is 8.10. The lowest BCUT2D eigenvalue weighted by atomic mass is 9.44. The molecule has 7 heteroatoms. The lowest BCUT2D eigenvalue weighted by Crippen LogP contribution is -2.63. The molecule has 35 heavy (non-hydrogen) atoms. The van der Waals surface area contributed by atoms with E-state index in [1.165, 1.54) is 11.8 Å². The number of ketones is 1. The molecule has 0 radical (unpaired) electrons. The van der Waals surface area contributed by atoms with Crippen LogP contribution in [-0.2, 0) is 14.3 Å². The monoisotopic (exact) mass is 505 g/mol. The molecule has 6 nitrogen and oxygen atoms in total. The van der Waals surface area contributed by atoms with Gasteiger partial charge in [0.2, 0.25) is 0 Å². The molecule has 1 unspecified atom stereocenters. The topological polar surface area (TPSA) is 110 Å². The molecule has 0 aliphatic heterocycles. The highest BCUT2D eigenvalue weighted by Gasteiger charge is 2.67. The van der Waals surface area contributed by atoms with Gasteiger partial charge in [0.1, 0.15) is 6.10 Å². The van der Waals surface area contributed by atoms with Crippen molar-refractivity contribution in [1.82, 2.24) is 0 Å². The van der Waals surface area contributed by atoms with Crippen LogP contribution in [0.1, 0.15) is 66.2 Å². The highest BCUT2D eigenvalue weighted by atomic mass is 32.2. The zero-order valence-electron chi connectivity index (χ0n) is 21.6. The minimum absolute atomic E-state index is 0.0136. The summed E-state index contributed by atoms with van der Waals surface area (Å²) in [6.45, 7) is 12.4. The highest BCUT2D eigenvalue weighted by Crippen LogP contribution is 2.66. The van der Waals surface area contributed by atoms with E-state index >= 15 is 0 Å². The van der Waals surface area contributed by atoms with Crippen LogP contribution in [0, 0.1) is 34.0 Å². The number of esters is 1. The van der Waals surface area contributed by atoms with Crippen LogP contribution in [0.4, 0.5) is 0 Å².